The lowest BCUT2D eigenvalue weighted by Gasteiger charge is -2.21. The predicted octanol–water partition coefficient (Wildman–Crippen LogP) is 2.99. The maximum absolute atomic E-state index is 12.9. The highest BCUT2D eigenvalue weighted by Crippen LogP contribution is 2.34. The summed E-state index contributed by atoms with van der Waals surface area (Å²) in [7, 11) is -3.47. The maximum atomic E-state index is 12.9. The highest BCUT2D eigenvalue weighted by Gasteiger charge is 2.38. The molecule has 1 heterocycles. The molecule has 2 N–H and O–H groups in total. The Kier molecular flexibility index (Phi) is 3.77. The number of nitrogen functional groups attached to an aromatic ring is 1. The van der Waals surface area contributed by atoms with E-state index < -0.39 is 10.0 Å². The standard InChI is InChI=1S/C15H18N2O2S2/c1-11-9-14(6-7-15(11)16)21(18,19)17(12-4-5-12)10-13-3-2-8-20-13/h2-3,6-9,12H,4-5,10,16H2,1H3. The summed E-state index contributed by atoms with van der Waals surface area (Å²) in [6, 6.07) is 8.98. The number of aryl methyl sites for hydroxylation is 1. The Bertz CT molecular complexity index is 735. The van der Waals surface area contributed by atoms with E-state index in [0.29, 0.717) is 17.1 Å². The van der Waals surface area contributed by atoms with Gasteiger partial charge in [0.1, 0.15) is 0 Å². The van der Waals surface area contributed by atoms with E-state index in [-0.39, 0.29) is 6.04 Å². The molecule has 1 aromatic carbocycles. The van der Waals surface area contributed by atoms with Crippen LogP contribution in [-0.2, 0) is 16.6 Å². The Morgan fingerprint density at radius 3 is 2.67 bits per heavy atom. The second-order valence-corrected chi connectivity index (χ2v) is 8.30. The summed E-state index contributed by atoms with van der Waals surface area (Å²) in [5.41, 5.74) is 7.19. The van der Waals surface area contributed by atoms with E-state index >= 15 is 0 Å². The molecule has 0 saturated heterocycles. The van der Waals surface area contributed by atoms with Gasteiger partial charge in [-0.05, 0) is 55.0 Å². The molecule has 112 valence electrons. The van der Waals surface area contributed by atoms with Gasteiger partial charge in [0.25, 0.3) is 0 Å². The van der Waals surface area contributed by atoms with Gasteiger partial charge in [0.2, 0.25) is 10.0 Å². The van der Waals surface area contributed by atoms with Crippen molar-refractivity contribution < 1.29 is 8.42 Å². The molecule has 1 aliphatic rings. The molecule has 0 aliphatic heterocycles. The highest BCUT2D eigenvalue weighted by molar-refractivity contribution is 7.89. The number of nitrogens with two attached hydrogens (primary N) is 1. The van der Waals surface area contributed by atoms with E-state index in [1.54, 1.807) is 33.8 Å². The van der Waals surface area contributed by atoms with Crippen LogP contribution in [0.1, 0.15) is 23.3 Å². The third-order valence-corrected chi connectivity index (χ3v) is 6.45. The molecule has 1 fully saturated rings. The van der Waals surface area contributed by atoms with Crippen LogP contribution >= 0.6 is 11.3 Å². The number of anilines is 1. The Hall–Kier alpha value is -1.37. The number of benzene rings is 1. The van der Waals surface area contributed by atoms with Crippen molar-refractivity contribution in [3.63, 3.8) is 0 Å². The van der Waals surface area contributed by atoms with Crippen molar-refractivity contribution in [2.24, 2.45) is 0 Å². The first-order valence-corrected chi connectivity index (χ1v) is 9.21. The van der Waals surface area contributed by atoms with Crippen molar-refractivity contribution in [2.75, 3.05) is 5.73 Å². The summed E-state index contributed by atoms with van der Waals surface area (Å²) in [5.74, 6) is 0. The smallest absolute Gasteiger partial charge is 0.243 e. The minimum Gasteiger partial charge on any atom is -0.399 e. The van der Waals surface area contributed by atoms with Gasteiger partial charge in [-0.3, -0.25) is 0 Å². The van der Waals surface area contributed by atoms with Crippen LogP contribution in [0.2, 0.25) is 0 Å². The zero-order chi connectivity index (χ0) is 15.0. The third kappa shape index (κ3) is 2.97. The summed E-state index contributed by atoms with van der Waals surface area (Å²) in [4.78, 5) is 1.40. The summed E-state index contributed by atoms with van der Waals surface area (Å²) in [6.45, 7) is 2.28. The molecule has 21 heavy (non-hydrogen) atoms. The lowest BCUT2D eigenvalue weighted by molar-refractivity contribution is 0.401. The lowest BCUT2D eigenvalue weighted by atomic mass is 10.2. The van der Waals surface area contributed by atoms with Crippen molar-refractivity contribution in [1.82, 2.24) is 4.31 Å². The minimum absolute atomic E-state index is 0.134. The van der Waals surface area contributed by atoms with E-state index in [9.17, 15) is 8.42 Å². The zero-order valence-corrected chi connectivity index (χ0v) is 13.5. The Morgan fingerprint density at radius 2 is 2.10 bits per heavy atom. The molecule has 4 nitrogen and oxygen atoms in total. The molecule has 1 saturated carbocycles. The first-order chi connectivity index (χ1) is 9.98. The molecule has 3 rings (SSSR count). The van der Waals surface area contributed by atoms with Crippen LogP contribution in [0.25, 0.3) is 0 Å². The Morgan fingerprint density at radius 1 is 1.33 bits per heavy atom. The van der Waals surface area contributed by atoms with Crippen LogP contribution in [-0.4, -0.2) is 18.8 Å². The Labute approximate surface area is 129 Å². The largest absolute Gasteiger partial charge is 0.399 e. The number of rotatable bonds is 5. The molecule has 6 heteroatoms. The van der Waals surface area contributed by atoms with Gasteiger partial charge in [0, 0.05) is 23.2 Å². The van der Waals surface area contributed by atoms with Crippen LogP contribution in [0.15, 0.2) is 40.6 Å². The first-order valence-electron chi connectivity index (χ1n) is 6.89. The van der Waals surface area contributed by atoms with Gasteiger partial charge in [-0.25, -0.2) is 8.42 Å². The van der Waals surface area contributed by atoms with E-state index in [2.05, 4.69) is 0 Å². The number of nitrogens with zero attached hydrogens (tertiary/aromatic N) is 1. The fourth-order valence-corrected chi connectivity index (χ4v) is 4.81. The highest BCUT2D eigenvalue weighted by atomic mass is 32.2. The van der Waals surface area contributed by atoms with E-state index in [0.717, 1.165) is 23.3 Å². The van der Waals surface area contributed by atoms with Crippen molar-refractivity contribution in [3.8, 4) is 0 Å². The quantitative estimate of drug-likeness (QED) is 0.861. The van der Waals surface area contributed by atoms with Crippen molar-refractivity contribution in [1.29, 1.82) is 0 Å². The van der Waals surface area contributed by atoms with Crippen LogP contribution in [0, 0.1) is 6.92 Å². The van der Waals surface area contributed by atoms with Crippen LogP contribution in [0.5, 0.6) is 0 Å². The van der Waals surface area contributed by atoms with E-state index in [1.807, 2.05) is 24.4 Å². The molecular formula is C15H18N2O2S2. The maximum Gasteiger partial charge on any atom is 0.243 e. The monoisotopic (exact) mass is 322 g/mol. The number of thiophene rings is 1. The van der Waals surface area contributed by atoms with Crippen molar-refractivity contribution in [2.45, 2.75) is 37.2 Å². The van der Waals surface area contributed by atoms with Gasteiger partial charge in [-0.1, -0.05) is 6.07 Å². The molecule has 1 aromatic heterocycles. The van der Waals surface area contributed by atoms with Gasteiger partial charge in [-0.15, -0.1) is 11.3 Å². The van der Waals surface area contributed by atoms with E-state index in [4.69, 9.17) is 5.73 Å². The molecule has 0 bridgehead atoms. The first kappa shape index (κ1) is 14.6. The SMILES string of the molecule is Cc1cc(S(=O)(=O)N(Cc2cccs2)C2CC2)ccc1N. The fourth-order valence-electron chi connectivity index (χ4n) is 2.27. The van der Waals surface area contributed by atoms with Gasteiger partial charge >= 0.3 is 0 Å². The molecule has 0 amide bonds. The number of hydrogen-bond acceptors (Lipinski definition) is 4. The van der Waals surface area contributed by atoms with Gasteiger partial charge in [0.05, 0.1) is 4.90 Å². The molecule has 2 aromatic rings. The summed E-state index contributed by atoms with van der Waals surface area (Å²) >= 11 is 1.59. The normalized spacial score (nSPS) is 15.5. The number of hydrogen-bond donors (Lipinski definition) is 1. The molecule has 0 radical (unpaired) electrons. The molecular weight excluding hydrogens is 304 g/mol. The third-order valence-electron chi connectivity index (χ3n) is 3.69. The van der Waals surface area contributed by atoms with Crippen molar-refractivity contribution in [3.05, 3.63) is 46.2 Å². The fraction of sp³-hybridized carbons (Fsp3) is 0.333. The second-order valence-electron chi connectivity index (χ2n) is 5.38. The molecule has 0 spiro atoms. The van der Waals surface area contributed by atoms with E-state index in [1.165, 1.54) is 0 Å². The lowest BCUT2D eigenvalue weighted by Crippen LogP contribution is -2.32. The van der Waals surface area contributed by atoms with Crippen LogP contribution in [0.3, 0.4) is 0 Å². The summed E-state index contributed by atoms with van der Waals surface area (Å²) in [6.07, 6.45) is 1.89. The predicted molar refractivity (Wildman–Crippen MR) is 85.7 cm³/mol. The average molecular weight is 322 g/mol. The minimum atomic E-state index is -3.47. The molecule has 0 atom stereocenters. The second kappa shape index (κ2) is 5.44. The topological polar surface area (TPSA) is 63.4 Å². The van der Waals surface area contributed by atoms with Crippen LogP contribution < -0.4 is 5.73 Å². The van der Waals surface area contributed by atoms with Crippen LogP contribution in [0.4, 0.5) is 5.69 Å². The van der Waals surface area contributed by atoms with Gasteiger partial charge < -0.3 is 5.73 Å². The molecule has 1 aliphatic carbocycles. The van der Waals surface area contributed by atoms with Crippen molar-refractivity contribution >= 4 is 27.0 Å². The van der Waals surface area contributed by atoms with Gasteiger partial charge in [-0.2, -0.15) is 4.31 Å². The summed E-state index contributed by atoms with van der Waals surface area (Å²) in [5, 5.41) is 1.97. The number of sulfonamides is 1. The van der Waals surface area contributed by atoms with Gasteiger partial charge in [0.15, 0.2) is 0 Å². The molecule has 0 unspecified atom stereocenters. The summed E-state index contributed by atoms with van der Waals surface area (Å²) < 4.78 is 27.4. The average Bonchev–Trinajstić information content (AvgIpc) is 3.15. The zero-order valence-electron chi connectivity index (χ0n) is 11.8. The Balaban J connectivity index is 1.95.